The van der Waals surface area contributed by atoms with Crippen molar-refractivity contribution in [2.45, 2.75) is 24.3 Å². The molecular formula is C16H16N2O3S2. The summed E-state index contributed by atoms with van der Waals surface area (Å²) >= 11 is 3.18. The molecule has 2 aromatic rings. The number of thioether (sulfide) groups is 1. The van der Waals surface area contributed by atoms with Crippen molar-refractivity contribution in [1.29, 1.82) is 0 Å². The van der Waals surface area contributed by atoms with Gasteiger partial charge in [-0.2, -0.15) is 0 Å². The molecule has 3 rings (SSSR count). The van der Waals surface area contributed by atoms with Crippen molar-refractivity contribution in [3.05, 3.63) is 56.3 Å². The molecule has 120 valence electrons. The minimum Gasteiger partial charge on any atom is -0.335 e. The van der Waals surface area contributed by atoms with Crippen LogP contribution in [0.15, 0.2) is 40.6 Å². The van der Waals surface area contributed by atoms with Crippen LogP contribution in [0.5, 0.6) is 0 Å². The first-order chi connectivity index (χ1) is 11.1. The van der Waals surface area contributed by atoms with Crippen molar-refractivity contribution in [3.63, 3.8) is 0 Å². The first-order valence-corrected chi connectivity index (χ1v) is 9.16. The Morgan fingerprint density at radius 1 is 1.39 bits per heavy atom. The van der Waals surface area contributed by atoms with Gasteiger partial charge in [0.2, 0.25) is 5.91 Å². The maximum atomic E-state index is 12.5. The summed E-state index contributed by atoms with van der Waals surface area (Å²) in [5.41, 5.74) is 1.32. The standard InChI is InChI=1S/C16H16N2O3S2/c1-11-14-7-9-22-15(14)6-8-17(11)16(19)10-23-13-4-2-12(3-5-13)18(20)21/h2-5,7,9,11H,6,8,10H2,1H3/t11-/m1/s1. The second-order valence-corrected chi connectivity index (χ2v) is 7.40. The lowest BCUT2D eigenvalue weighted by atomic mass is 10.0. The molecule has 23 heavy (non-hydrogen) atoms. The summed E-state index contributed by atoms with van der Waals surface area (Å²) in [6.07, 6.45) is 0.922. The van der Waals surface area contributed by atoms with Crippen LogP contribution in [0.2, 0.25) is 0 Å². The molecule has 1 atom stereocenters. The maximum absolute atomic E-state index is 12.5. The number of amides is 1. The number of nitrogens with zero attached hydrogens (tertiary/aromatic N) is 2. The number of carbonyl (C=O) groups excluding carboxylic acids is 1. The number of carbonyl (C=O) groups is 1. The molecular weight excluding hydrogens is 332 g/mol. The lowest BCUT2D eigenvalue weighted by Gasteiger charge is -2.33. The van der Waals surface area contributed by atoms with Crippen molar-refractivity contribution in [2.24, 2.45) is 0 Å². The highest BCUT2D eigenvalue weighted by molar-refractivity contribution is 8.00. The summed E-state index contributed by atoms with van der Waals surface area (Å²) in [4.78, 5) is 26.9. The fourth-order valence-electron chi connectivity index (χ4n) is 2.74. The first-order valence-electron chi connectivity index (χ1n) is 7.29. The van der Waals surface area contributed by atoms with Gasteiger partial charge in [0, 0.05) is 28.5 Å². The van der Waals surface area contributed by atoms with E-state index in [4.69, 9.17) is 0 Å². The minimum absolute atomic E-state index is 0.0651. The first kappa shape index (κ1) is 16.0. The summed E-state index contributed by atoms with van der Waals surface area (Å²) in [5.74, 6) is 0.458. The number of rotatable bonds is 4. The van der Waals surface area contributed by atoms with Crippen LogP contribution >= 0.6 is 23.1 Å². The molecule has 1 aromatic heterocycles. The third-order valence-corrected chi connectivity index (χ3v) is 6.00. The van der Waals surface area contributed by atoms with Crippen LogP contribution in [0.4, 0.5) is 5.69 Å². The van der Waals surface area contributed by atoms with E-state index in [-0.39, 0.29) is 17.6 Å². The van der Waals surface area contributed by atoms with E-state index in [1.54, 1.807) is 23.5 Å². The lowest BCUT2D eigenvalue weighted by Crippen LogP contribution is -2.39. The predicted molar refractivity (Wildman–Crippen MR) is 92.0 cm³/mol. The van der Waals surface area contributed by atoms with Gasteiger partial charge in [-0.15, -0.1) is 23.1 Å². The van der Waals surface area contributed by atoms with E-state index >= 15 is 0 Å². The summed E-state index contributed by atoms with van der Waals surface area (Å²) in [7, 11) is 0. The second-order valence-electron chi connectivity index (χ2n) is 5.35. The van der Waals surface area contributed by atoms with E-state index in [2.05, 4.69) is 18.4 Å². The Morgan fingerprint density at radius 3 is 2.83 bits per heavy atom. The molecule has 5 nitrogen and oxygen atoms in total. The molecule has 1 aliphatic heterocycles. The van der Waals surface area contributed by atoms with Gasteiger partial charge >= 0.3 is 0 Å². The number of hydrogen-bond donors (Lipinski definition) is 0. The molecule has 1 amide bonds. The summed E-state index contributed by atoms with van der Waals surface area (Å²) in [5, 5.41) is 12.7. The Labute approximate surface area is 142 Å². The number of benzene rings is 1. The average Bonchev–Trinajstić information content (AvgIpc) is 3.03. The van der Waals surface area contributed by atoms with Gasteiger partial charge in [-0.25, -0.2) is 0 Å². The molecule has 0 saturated carbocycles. The van der Waals surface area contributed by atoms with E-state index in [0.717, 1.165) is 17.9 Å². The third-order valence-electron chi connectivity index (χ3n) is 4.01. The van der Waals surface area contributed by atoms with Gasteiger partial charge in [-0.1, -0.05) is 0 Å². The van der Waals surface area contributed by atoms with Crippen molar-refractivity contribution < 1.29 is 9.72 Å². The maximum Gasteiger partial charge on any atom is 0.269 e. The van der Waals surface area contributed by atoms with Crippen LogP contribution in [0.3, 0.4) is 0 Å². The number of fused-ring (bicyclic) bond motifs is 1. The van der Waals surface area contributed by atoms with Gasteiger partial charge in [-0.05, 0) is 42.5 Å². The largest absolute Gasteiger partial charge is 0.335 e. The topological polar surface area (TPSA) is 63.5 Å². The molecule has 0 unspecified atom stereocenters. The van der Waals surface area contributed by atoms with Crippen LogP contribution in [-0.4, -0.2) is 28.0 Å². The number of thiophene rings is 1. The zero-order valence-electron chi connectivity index (χ0n) is 12.6. The molecule has 0 bridgehead atoms. The number of hydrogen-bond acceptors (Lipinski definition) is 5. The molecule has 0 spiro atoms. The molecule has 0 saturated heterocycles. The molecule has 0 fully saturated rings. The smallest absolute Gasteiger partial charge is 0.269 e. The Bertz CT molecular complexity index is 727. The predicted octanol–water partition coefficient (Wildman–Crippen LogP) is 3.89. The normalized spacial score (nSPS) is 16.9. The van der Waals surface area contributed by atoms with E-state index in [1.807, 2.05) is 4.90 Å². The quantitative estimate of drug-likeness (QED) is 0.478. The van der Waals surface area contributed by atoms with Gasteiger partial charge < -0.3 is 4.90 Å². The number of nitro benzene ring substituents is 1. The average molecular weight is 348 g/mol. The molecule has 0 N–H and O–H groups in total. The van der Waals surface area contributed by atoms with Crippen LogP contribution < -0.4 is 0 Å². The zero-order chi connectivity index (χ0) is 16.4. The van der Waals surface area contributed by atoms with Crippen molar-refractivity contribution in [3.8, 4) is 0 Å². The number of non-ortho nitro benzene ring substituents is 1. The lowest BCUT2D eigenvalue weighted by molar-refractivity contribution is -0.384. The van der Waals surface area contributed by atoms with Crippen molar-refractivity contribution in [2.75, 3.05) is 12.3 Å². The van der Waals surface area contributed by atoms with Gasteiger partial charge in [-0.3, -0.25) is 14.9 Å². The minimum atomic E-state index is -0.423. The molecule has 0 radical (unpaired) electrons. The highest BCUT2D eigenvalue weighted by atomic mass is 32.2. The van der Waals surface area contributed by atoms with E-state index in [9.17, 15) is 14.9 Å². The van der Waals surface area contributed by atoms with Gasteiger partial charge in [0.15, 0.2) is 0 Å². The molecule has 1 aromatic carbocycles. The molecule has 0 aliphatic carbocycles. The van der Waals surface area contributed by atoms with Gasteiger partial charge in [0.05, 0.1) is 16.7 Å². The third kappa shape index (κ3) is 3.40. The van der Waals surface area contributed by atoms with Crippen LogP contribution in [0.1, 0.15) is 23.4 Å². The van der Waals surface area contributed by atoms with Gasteiger partial charge in [0.1, 0.15) is 0 Å². The van der Waals surface area contributed by atoms with Crippen LogP contribution in [-0.2, 0) is 11.2 Å². The van der Waals surface area contributed by atoms with Crippen LogP contribution in [0, 0.1) is 10.1 Å². The number of nitro groups is 1. The zero-order valence-corrected chi connectivity index (χ0v) is 14.2. The molecule has 2 heterocycles. The van der Waals surface area contributed by atoms with Crippen molar-refractivity contribution >= 4 is 34.7 Å². The fraction of sp³-hybridized carbons (Fsp3) is 0.312. The summed E-state index contributed by atoms with van der Waals surface area (Å²) < 4.78 is 0. The summed E-state index contributed by atoms with van der Waals surface area (Å²) in [6.45, 7) is 2.83. The Kier molecular flexibility index (Phi) is 4.68. The van der Waals surface area contributed by atoms with E-state index in [0.29, 0.717) is 5.75 Å². The Morgan fingerprint density at radius 2 is 2.13 bits per heavy atom. The van der Waals surface area contributed by atoms with E-state index < -0.39 is 4.92 Å². The second kappa shape index (κ2) is 6.72. The Balaban J connectivity index is 1.60. The molecule has 7 heteroatoms. The van der Waals surface area contributed by atoms with Gasteiger partial charge in [0.25, 0.3) is 5.69 Å². The highest BCUT2D eigenvalue weighted by Gasteiger charge is 2.28. The fourth-order valence-corrected chi connectivity index (χ4v) is 4.49. The van der Waals surface area contributed by atoms with Crippen molar-refractivity contribution in [1.82, 2.24) is 4.90 Å². The summed E-state index contributed by atoms with van der Waals surface area (Å²) in [6, 6.07) is 8.53. The Hall–Kier alpha value is -1.86. The van der Waals surface area contributed by atoms with E-state index in [1.165, 1.54) is 34.3 Å². The monoisotopic (exact) mass is 348 g/mol. The SMILES string of the molecule is C[C@@H]1c2ccsc2CCN1C(=O)CSc1ccc([N+](=O)[O-])cc1. The molecule has 1 aliphatic rings. The highest BCUT2D eigenvalue weighted by Crippen LogP contribution is 2.33. The van der Waals surface area contributed by atoms with Crippen LogP contribution in [0.25, 0.3) is 0 Å².